The molecule has 0 amide bonds. The Kier molecular flexibility index (Phi) is 4.98. The largest absolute Gasteiger partial charge is 0.494 e. The molecular formula is C16H21N3O2. The molecule has 0 aliphatic rings. The van der Waals surface area contributed by atoms with Crippen molar-refractivity contribution in [1.82, 2.24) is 9.55 Å². The molecule has 0 unspecified atom stereocenters. The maximum atomic E-state index is 12.3. The molecule has 112 valence electrons. The van der Waals surface area contributed by atoms with Crippen LogP contribution in [0, 0.1) is 0 Å². The van der Waals surface area contributed by atoms with E-state index >= 15 is 0 Å². The Hall–Kier alpha value is -2.30. The van der Waals surface area contributed by atoms with E-state index in [1.807, 2.05) is 50.1 Å². The van der Waals surface area contributed by atoms with Crippen LogP contribution in [0.2, 0.25) is 0 Å². The SMILES string of the molecule is CCOc1ccccc1CN(C)c1nccn(CC)c1=O. The monoisotopic (exact) mass is 287 g/mol. The molecule has 0 saturated heterocycles. The van der Waals surface area contributed by atoms with Crippen molar-refractivity contribution in [2.24, 2.45) is 0 Å². The topological polar surface area (TPSA) is 47.4 Å². The van der Waals surface area contributed by atoms with Gasteiger partial charge in [0, 0.05) is 38.1 Å². The quantitative estimate of drug-likeness (QED) is 0.818. The molecule has 0 atom stereocenters. The van der Waals surface area contributed by atoms with Crippen LogP contribution in [-0.4, -0.2) is 23.2 Å². The number of hydrogen-bond donors (Lipinski definition) is 0. The lowest BCUT2D eigenvalue weighted by atomic mass is 10.2. The van der Waals surface area contributed by atoms with Gasteiger partial charge < -0.3 is 14.2 Å². The first-order valence-electron chi connectivity index (χ1n) is 7.14. The minimum atomic E-state index is -0.0728. The summed E-state index contributed by atoms with van der Waals surface area (Å²) >= 11 is 0. The highest BCUT2D eigenvalue weighted by Gasteiger charge is 2.12. The Balaban J connectivity index is 2.26. The van der Waals surface area contributed by atoms with E-state index in [0.717, 1.165) is 11.3 Å². The highest BCUT2D eigenvalue weighted by Crippen LogP contribution is 2.20. The van der Waals surface area contributed by atoms with Gasteiger partial charge in [0.2, 0.25) is 0 Å². The van der Waals surface area contributed by atoms with Crippen LogP contribution in [0.3, 0.4) is 0 Å². The van der Waals surface area contributed by atoms with Crippen molar-refractivity contribution in [2.75, 3.05) is 18.6 Å². The average Bonchev–Trinajstić information content (AvgIpc) is 2.49. The third kappa shape index (κ3) is 3.42. The Labute approximate surface area is 124 Å². The summed E-state index contributed by atoms with van der Waals surface area (Å²) in [6, 6.07) is 7.85. The number of aromatic nitrogens is 2. The van der Waals surface area contributed by atoms with Crippen molar-refractivity contribution >= 4 is 5.82 Å². The lowest BCUT2D eigenvalue weighted by Crippen LogP contribution is -2.30. The molecule has 1 heterocycles. The van der Waals surface area contributed by atoms with Crippen molar-refractivity contribution in [2.45, 2.75) is 26.9 Å². The lowest BCUT2D eigenvalue weighted by molar-refractivity contribution is 0.336. The maximum Gasteiger partial charge on any atom is 0.293 e. The van der Waals surface area contributed by atoms with Gasteiger partial charge in [-0.1, -0.05) is 18.2 Å². The van der Waals surface area contributed by atoms with Gasteiger partial charge in [-0.3, -0.25) is 4.79 Å². The molecule has 0 N–H and O–H groups in total. The Bertz CT molecular complexity index is 652. The summed E-state index contributed by atoms with van der Waals surface area (Å²) in [5.41, 5.74) is 0.964. The molecule has 0 aliphatic heterocycles. The van der Waals surface area contributed by atoms with Crippen LogP contribution in [0.25, 0.3) is 0 Å². The predicted octanol–water partition coefficient (Wildman–Crippen LogP) is 2.30. The third-order valence-electron chi connectivity index (χ3n) is 3.28. The first-order chi connectivity index (χ1) is 10.2. The maximum absolute atomic E-state index is 12.3. The first kappa shape index (κ1) is 15.1. The zero-order valence-electron chi connectivity index (χ0n) is 12.7. The number of benzene rings is 1. The van der Waals surface area contributed by atoms with Gasteiger partial charge in [-0.2, -0.15) is 0 Å². The van der Waals surface area contributed by atoms with Gasteiger partial charge >= 0.3 is 0 Å². The smallest absolute Gasteiger partial charge is 0.293 e. The zero-order chi connectivity index (χ0) is 15.2. The number of para-hydroxylation sites is 1. The Morgan fingerprint density at radius 2 is 2.05 bits per heavy atom. The molecule has 1 aromatic heterocycles. The molecule has 0 fully saturated rings. The third-order valence-corrected chi connectivity index (χ3v) is 3.28. The van der Waals surface area contributed by atoms with Gasteiger partial charge in [-0.25, -0.2) is 4.98 Å². The first-order valence-corrected chi connectivity index (χ1v) is 7.14. The highest BCUT2D eigenvalue weighted by molar-refractivity contribution is 5.40. The molecule has 2 aromatic rings. The van der Waals surface area contributed by atoms with E-state index < -0.39 is 0 Å². The molecular weight excluding hydrogens is 266 g/mol. The normalized spacial score (nSPS) is 10.4. The Morgan fingerprint density at radius 1 is 1.29 bits per heavy atom. The molecule has 1 aromatic carbocycles. The fraction of sp³-hybridized carbons (Fsp3) is 0.375. The van der Waals surface area contributed by atoms with Crippen LogP contribution in [0.15, 0.2) is 41.5 Å². The van der Waals surface area contributed by atoms with E-state index in [1.54, 1.807) is 17.0 Å². The van der Waals surface area contributed by atoms with Gasteiger partial charge in [0.05, 0.1) is 6.61 Å². The van der Waals surface area contributed by atoms with Crippen LogP contribution < -0.4 is 15.2 Å². The number of rotatable bonds is 6. The summed E-state index contributed by atoms with van der Waals surface area (Å²) in [7, 11) is 1.87. The van der Waals surface area contributed by atoms with Crippen LogP contribution in [-0.2, 0) is 13.1 Å². The molecule has 2 rings (SSSR count). The van der Waals surface area contributed by atoms with E-state index in [2.05, 4.69) is 4.98 Å². The average molecular weight is 287 g/mol. The number of anilines is 1. The summed E-state index contributed by atoms with van der Waals surface area (Å²) in [5.74, 6) is 1.30. The minimum absolute atomic E-state index is 0.0728. The summed E-state index contributed by atoms with van der Waals surface area (Å²) in [6.45, 7) is 5.73. The van der Waals surface area contributed by atoms with Crippen molar-refractivity contribution in [3.8, 4) is 5.75 Å². The second kappa shape index (κ2) is 6.92. The number of nitrogens with zero attached hydrogens (tertiary/aromatic N) is 3. The van der Waals surface area contributed by atoms with Crippen LogP contribution in [0.5, 0.6) is 5.75 Å². The van der Waals surface area contributed by atoms with Crippen molar-refractivity contribution in [3.05, 3.63) is 52.6 Å². The van der Waals surface area contributed by atoms with E-state index in [1.165, 1.54) is 0 Å². The zero-order valence-corrected chi connectivity index (χ0v) is 12.7. The highest BCUT2D eigenvalue weighted by atomic mass is 16.5. The van der Waals surface area contributed by atoms with Gasteiger partial charge in [-0.05, 0) is 19.9 Å². The molecule has 5 heteroatoms. The number of hydrogen-bond acceptors (Lipinski definition) is 4. The van der Waals surface area contributed by atoms with E-state index in [0.29, 0.717) is 25.5 Å². The lowest BCUT2D eigenvalue weighted by Gasteiger charge is -2.20. The van der Waals surface area contributed by atoms with E-state index in [4.69, 9.17) is 4.74 Å². The fourth-order valence-electron chi connectivity index (χ4n) is 2.21. The molecule has 0 bridgehead atoms. The van der Waals surface area contributed by atoms with Crippen molar-refractivity contribution < 1.29 is 4.74 Å². The second-order valence-corrected chi connectivity index (χ2v) is 4.74. The van der Waals surface area contributed by atoms with Crippen molar-refractivity contribution in [3.63, 3.8) is 0 Å². The molecule has 0 spiro atoms. The van der Waals surface area contributed by atoms with Gasteiger partial charge in [0.15, 0.2) is 5.82 Å². The minimum Gasteiger partial charge on any atom is -0.494 e. The number of aryl methyl sites for hydroxylation is 1. The van der Waals surface area contributed by atoms with Crippen LogP contribution >= 0.6 is 0 Å². The molecule has 0 radical (unpaired) electrons. The number of ether oxygens (including phenoxy) is 1. The molecule has 0 saturated carbocycles. The standard InChI is InChI=1S/C16H21N3O2/c1-4-19-11-10-17-15(16(19)20)18(3)12-13-8-6-7-9-14(13)21-5-2/h6-11H,4-5,12H2,1-3H3. The molecule has 21 heavy (non-hydrogen) atoms. The van der Waals surface area contributed by atoms with Crippen molar-refractivity contribution in [1.29, 1.82) is 0 Å². The van der Waals surface area contributed by atoms with E-state index in [9.17, 15) is 4.79 Å². The summed E-state index contributed by atoms with van der Waals surface area (Å²) in [5, 5.41) is 0. The summed E-state index contributed by atoms with van der Waals surface area (Å²) in [6.07, 6.45) is 3.36. The van der Waals surface area contributed by atoms with Gasteiger partial charge in [0.25, 0.3) is 5.56 Å². The van der Waals surface area contributed by atoms with E-state index in [-0.39, 0.29) is 5.56 Å². The van der Waals surface area contributed by atoms with Gasteiger partial charge in [-0.15, -0.1) is 0 Å². The van der Waals surface area contributed by atoms with Crippen LogP contribution in [0.4, 0.5) is 5.82 Å². The fourth-order valence-corrected chi connectivity index (χ4v) is 2.21. The molecule has 0 aliphatic carbocycles. The summed E-state index contributed by atoms with van der Waals surface area (Å²) < 4.78 is 7.26. The molecule has 5 nitrogen and oxygen atoms in total. The van der Waals surface area contributed by atoms with Crippen LogP contribution in [0.1, 0.15) is 19.4 Å². The summed E-state index contributed by atoms with van der Waals surface area (Å²) in [4.78, 5) is 18.3. The predicted molar refractivity (Wildman–Crippen MR) is 83.9 cm³/mol. The Morgan fingerprint density at radius 3 is 2.76 bits per heavy atom. The second-order valence-electron chi connectivity index (χ2n) is 4.74. The van der Waals surface area contributed by atoms with Gasteiger partial charge in [0.1, 0.15) is 5.75 Å².